The minimum Gasteiger partial charge on any atom is -0.489 e. The van der Waals surface area contributed by atoms with Crippen molar-refractivity contribution >= 4 is 17.3 Å². The second-order valence-corrected chi connectivity index (χ2v) is 8.14. The molecule has 4 aromatic rings. The average Bonchev–Trinajstić information content (AvgIpc) is 3.17. The zero-order valence-corrected chi connectivity index (χ0v) is 19.9. The number of hydrogen-bond donors (Lipinski definition) is 0. The van der Waals surface area contributed by atoms with Gasteiger partial charge in [-0.15, -0.1) is 0 Å². The predicted molar refractivity (Wildman–Crippen MR) is 131 cm³/mol. The number of aryl methyl sites for hydroxylation is 2. The molecule has 1 heterocycles. The van der Waals surface area contributed by atoms with Crippen LogP contribution in [0.15, 0.2) is 76.7 Å². The van der Waals surface area contributed by atoms with Gasteiger partial charge in [0.2, 0.25) is 0 Å². The SMILES string of the molecule is C/C(=N/OCc1ccccc1Cl)c1ccc(OCc2ccccc2-n2nnn(C)c2=O)c(C)c1. The first-order valence-electron chi connectivity index (χ1n) is 10.6. The molecule has 0 unspecified atom stereocenters. The Morgan fingerprint density at radius 3 is 2.44 bits per heavy atom. The average molecular weight is 478 g/mol. The van der Waals surface area contributed by atoms with Gasteiger partial charge in [-0.1, -0.05) is 53.2 Å². The van der Waals surface area contributed by atoms with E-state index in [1.165, 1.54) is 9.36 Å². The maximum atomic E-state index is 12.3. The van der Waals surface area contributed by atoms with E-state index in [-0.39, 0.29) is 12.3 Å². The number of para-hydroxylation sites is 1. The van der Waals surface area contributed by atoms with Crippen molar-refractivity contribution in [3.05, 3.63) is 104 Å². The van der Waals surface area contributed by atoms with Crippen molar-refractivity contribution in [2.24, 2.45) is 12.2 Å². The Balaban J connectivity index is 1.44. The van der Waals surface area contributed by atoms with E-state index in [0.29, 0.717) is 17.3 Å². The van der Waals surface area contributed by atoms with E-state index < -0.39 is 0 Å². The lowest BCUT2D eigenvalue weighted by Crippen LogP contribution is -2.23. The Kier molecular flexibility index (Phi) is 7.08. The molecular formula is C25H24ClN5O3. The van der Waals surface area contributed by atoms with Gasteiger partial charge in [-0.3, -0.25) is 0 Å². The smallest absolute Gasteiger partial charge is 0.368 e. The number of hydrogen-bond acceptors (Lipinski definition) is 6. The third-order valence-corrected chi connectivity index (χ3v) is 5.67. The van der Waals surface area contributed by atoms with Crippen LogP contribution in [0.2, 0.25) is 5.02 Å². The number of tetrazole rings is 1. The number of rotatable bonds is 8. The largest absolute Gasteiger partial charge is 0.489 e. The van der Waals surface area contributed by atoms with Crippen molar-refractivity contribution in [1.29, 1.82) is 0 Å². The van der Waals surface area contributed by atoms with E-state index in [9.17, 15) is 4.79 Å². The highest BCUT2D eigenvalue weighted by Gasteiger charge is 2.12. The molecule has 9 heteroatoms. The number of oxime groups is 1. The van der Waals surface area contributed by atoms with E-state index in [1.54, 1.807) is 7.05 Å². The minimum atomic E-state index is -0.320. The first kappa shape index (κ1) is 23.3. The fourth-order valence-electron chi connectivity index (χ4n) is 3.36. The van der Waals surface area contributed by atoms with E-state index >= 15 is 0 Å². The number of nitrogens with zero attached hydrogens (tertiary/aromatic N) is 5. The van der Waals surface area contributed by atoms with Gasteiger partial charge < -0.3 is 9.57 Å². The number of ether oxygens (including phenoxy) is 1. The lowest BCUT2D eigenvalue weighted by molar-refractivity contribution is 0.130. The molecule has 0 amide bonds. The van der Waals surface area contributed by atoms with Crippen LogP contribution in [-0.4, -0.2) is 25.5 Å². The molecule has 0 atom stereocenters. The molecule has 3 aromatic carbocycles. The van der Waals surface area contributed by atoms with Gasteiger partial charge in [0.05, 0.1) is 11.4 Å². The molecule has 0 bridgehead atoms. The molecule has 8 nitrogen and oxygen atoms in total. The van der Waals surface area contributed by atoms with Crippen LogP contribution in [-0.2, 0) is 25.1 Å². The highest BCUT2D eigenvalue weighted by Crippen LogP contribution is 2.23. The van der Waals surface area contributed by atoms with E-state index in [2.05, 4.69) is 15.6 Å². The quantitative estimate of drug-likeness (QED) is 0.276. The molecule has 0 saturated carbocycles. The summed E-state index contributed by atoms with van der Waals surface area (Å²) in [6, 6.07) is 20.8. The Bertz CT molecular complexity index is 1390. The van der Waals surface area contributed by atoms with E-state index in [4.69, 9.17) is 21.2 Å². The Hall–Kier alpha value is -3.91. The third kappa shape index (κ3) is 5.18. The van der Waals surface area contributed by atoms with Crippen molar-refractivity contribution in [2.45, 2.75) is 27.1 Å². The van der Waals surface area contributed by atoms with Gasteiger partial charge in [-0.2, -0.15) is 9.36 Å². The summed E-state index contributed by atoms with van der Waals surface area (Å²) < 4.78 is 8.51. The molecule has 174 valence electrons. The van der Waals surface area contributed by atoms with Gasteiger partial charge in [0, 0.05) is 23.2 Å². The first-order chi connectivity index (χ1) is 16.4. The van der Waals surface area contributed by atoms with Gasteiger partial charge >= 0.3 is 5.69 Å². The standard InChI is InChI=1S/C25H24ClN5O3/c1-17-14-19(18(2)27-34-16-20-8-4-6-10-22(20)26)12-13-24(17)33-15-21-9-5-7-11-23(21)31-25(32)30(3)28-29-31/h4-14H,15-16H2,1-3H3/b27-18-. The molecule has 0 aliphatic heterocycles. The van der Waals surface area contributed by atoms with Crippen LogP contribution < -0.4 is 10.4 Å². The second kappa shape index (κ2) is 10.4. The molecule has 0 N–H and O–H groups in total. The van der Waals surface area contributed by atoms with Crippen LogP contribution in [0.1, 0.15) is 29.2 Å². The molecule has 34 heavy (non-hydrogen) atoms. The summed E-state index contributed by atoms with van der Waals surface area (Å²) >= 11 is 6.16. The van der Waals surface area contributed by atoms with Gasteiger partial charge in [0.15, 0.2) is 0 Å². The van der Waals surface area contributed by atoms with Gasteiger partial charge in [0.25, 0.3) is 0 Å². The van der Waals surface area contributed by atoms with Crippen LogP contribution in [0.3, 0.4) is 0 Å². The molecule has 0 aliphatic carbocycles. The summed E-state index contributed by atoms with van der Waals surface area (Å²) in [7, 11) is 1.56. The van der Waals surface area contributed by atoms with Crippen molar-refractivity contribution in [3.8, 4) is 11.4 Å². The first-order valence-corrected chi connectivity index (χ1v) is 11.0. The Morgan fingerprint density at radius 1 is 1.00 bits per heavy atom. The summed E-state index contributed by atoms with van der Waals surface area (Å²) in [6.07, 6.45) is 0. The molecule has 0 radical (unpaired) electrons. The van der Waals surface area contributed by atoms with Crippen molar-refractivity contribution in [2.75, 3.05) is 0 Å². The number of benzene rings is 3. The zero-order chi connectivity index (χ0) is 24.1. The summed E-state index contributed by atoms with van der Waals surface area (Å²) in [5, 5.41) is 12.6. The molecular weight excluding hydrogens is 454 g/mol. The molecule has 0 fully saturated rings. The van der Waals surface area contributed by atoms with Crippen LogP contribution in [0.25, 0.3) is 5.69 Å². The predicted octanol–water partition coefficient (Wildman–Crippen LogP) is 4.45. The van der Waals surface area contributed by atoms with Crippen LogP contribution in [0.5, 0.6) is 5.75 Å². The van der Waals surface area contributed by atoms with Gasteiger partial charge in [0.1, 0.15) is 19.0 Å². The summed E-state index contributed by atoms with van der Waals surface area (Å²) in [5.41, 5.74) is 4.63. The fourth-order valence-corrected chi connectivity index (χ4v) is 3.55. The topological polar surface area (TPSA) is 83.5 Å². The normalized spacial score (nSPS) is 11.5. The van der Waals surface area contributed by atoms with Crippen molar-refractivity contribution < 1.29 is 9.57 Å². The van der Waals surface area contributed by atoms with Crippen LogP contribution in [0, 0.1) is 6.92 Å². The van der Waals surface area contributed by atoms with Crippen molar-refractivity contribution in [3.63, 3.8) is 0 Å². The maximum absolute atomic E-state index is 12.3. The second-order valence-electron chi connectivity index (χ2n) is 7.74. The Labute approximate surface area is 202 Å². The zero-order valence-electron chi connectivity index (χ0n) is 19.1. The fraction of sp³-hybridized carbons (Fsp3) is 0.200. The maximum Gasteiger partial charge on any atom is 0.368 e. The molecule has 0 aliphatic rings. The molecule has 4 rings (SSSR count). The molecule has 1 aromatic heterocycles. The highest BCUT2D eigenvalue weighted by molar-refractivity contribution is 6.31. The summed E-state index contributed by atoms with van der Waals surface area (Å²) in [6.45, 7) is 4.42. The highest BCUT2D eigenvalue weighted by atomic mass is 35.5. The van der Waals surface area contributed by atoms with E-state index in [0.717, 1.165) is 33.7 Å². The monoisotopic (exact) mass is 477 g/mol. The summed E-state index contributed by atoms with van der Waals surface area (Å²) in [5.74, 6) is 0.731. The molecule has 0 spiro atoms. The lowest BCUT2D eigenvalue weighted by Gasteiger charge is -2.13. The molecule has 0 saturated heterocycles. The number of halogens is 1. The number of aromatic nitrogens is 4. The Morgan fingerprint density at radius 2 is 1.74 bits per heavy atom. The van der Waals surface area contributed by atoms with Gasteiger partial charge in [-0.05, 0) is 65.7 Å². The van der Waals surface area contributed by atoms with Crippen molar-refractivity contribution in [1.82, 2.24) is 19.8 Å². The van der Waals surface area contributed by atoms with E-state index in [1.807, 2.05) is 80.6 Å². The minimum absolute atomic E-state index is 0.271. The summed E-state index contributed by atoms with van der Waals surface area (Å²) in [4.78, 5) is 17.7. The van der Waals surface area contributed by atoms with Gasteiger partial charge in [-0.25, -0.2) is 4.79 Å². The third-order valence-electron chi connectivity index (χ3n) is 5.30. The van der Waals surface area contributed by atoms with Crippen LogP contribution >= 0.6 is 11.6 Å². The van der Waals surface area contributed by atoms with Crippen LogP contribution in [0.4, 0.5) is 0 Å². The lowest BCUT2D eigenvalue weighted by atomic mass is 10.1.